The highest BCUT2D eigenvalue weighted by molar-refractivity contribution is 5.96. The van der Waals surface area contributed by atoms with Crippen molar-refractivity contribution in [3.05, 3.63) is 23.8 Å². The lowest BCUT2D eigenvalue weighted by Crippen LogP contribution is -2.34. The second-order valence-corrected chi connectivity index (χ2v) is 5.02. The lowest BCUT2D eigenvalue weighted by Gasteiger charge is -2.18. The van der Waals surface area contributed by atoms with E-state index in [0.717, 1.165) is 5.56 Å². The molecule has 0 saturated carbocycles. The lowest BCUT2D eigenvalue weighted by atomic mass is 10.0. The molecule has 0 spiro atoms. The summed E-state index contributed by atoms with van der Waals surface area (Å²) < 4.78 is 0. The SMILES string of the molecule is CCC(=O)Nc1cccc(NC(=O)C(C)C(C)N)c1C. The van der Waals surface area contributed by atoms with E-state index in [4.69, 9.17) is 5.73 Å². The number of anilines is 2. The molecule has 5 nitrogen and oxygen atoms in total. The first-order valence-corrected chi connectivity index (χ1v) is 6.82. The summed E-state index contributed by atoms with van der Waals surface area (Å²) in [4.78, 5) is 23.5. The summed E-state index contributed by atoms with van der Waals surface area (Å²) in [5.74, 6) is -0.453. The first-order valence-electron chi connectivity index (χ1n) is 6.82. The van der Waals surface area contributed by atoms with Crippen LogP contribution in [0.3, 0.4) is 0 Å². The molecule has 5 heteroatoms. The highest BCUT2D eigenvalue weighted by Crippen LogP contribution is 2.24. The highest BCUT2D eigenvalue weighted by Gasteiger charge is 2.18. The van der Waals surface area contributed by atoms with E-state index in [0.29, 0.717) is 17.8 Å². The minimum Gasteiger partial charge on any atom is -0.327 e. The summed E-state index contributed by atoms with van der Waals surface area (Å²) >= 11 is 0. The van der Waals surface area contributed by atoms with Gasteiger partial charge in [-0.15, -0.1) is 0 Å². The fourth-order valence-corrected chi connectivity index (χ4v) is 1.63. The fourth-order valence-electron chi connectivity index (χ4n) is 1.63. The predicted octanol–water partition coefficient (Wildman–Crippen LogP) is 2.27. The molecular formula is C15H23N3O2. The average molecular weight is 277 g/mol. The molecule has 0 fully saturated rings. The van der Waals surface area contributed by atoms with Crippen LogP contribution >= 0.6 is 0 Å². The van der Waals surface area contributed by atoms with Crippen molar-refractivity contribution in [1.82, 2.24) is 0 Å². The number of amides is 2. The number of hydrogen-bond donors (Lipinski definition) is 3. The summed E-state index contributed by atoms with van der Waals surface area (Å²) in [6, 6.07) is 5.21. The van der Waals surface area contributed by atoms with Crippen molar-refractivity contribution >= 4 is 23.2 Å². The van der Waals surface area contributed by atoms with E-state index in [2.05, 4.69) is 10.6 Å². The van der Waals surface area contributed by atoms with Crippen molar-refractivity contribution in [2.24, 2.45) is 11.7 Å². The largest absolute Gasteiger partial charge is 0.327 e. The first-order chi connectivity index (χ1) is 9.36. The Labute approximate surface area is 119 Å². The maximum Gasteiger partial charge on any atom is 0.228 e. The van der Waals surface area contributed by atoms with Crippen LogP contribution in [0.25, 0.3) is 0 Å². The minimum atomic E-state index is -0.275. The van der Waals surface area contributed by atoms with Crippen LogP contribution in [0.4, 0.5) is 11.4 Å². The van der Waals surface area contributed by atoms with Gasteiger partial charge in [-0.1, -0.05) is 19.9 Å². The zero-order chi connectivity index (χ0) is 15.3. The van der Waals surface area contributed by atoms with E-state index in [-0.39, 0.29) is 23.8 Å². The molecule has 0 aromatic heterocycles. The molecule has 1 rings (SSSR count). The van der Waals surface area contributed by atoms with Gasteiger partial charge in [-0.05, 0) is 31.5 Å². The first kappa shape index (κ1) is 16.2. The van der Waals surface area contributed by atoms with Crippen molar-refractivity contribution in [2.75, 3.05) is 10.6 Å². The van der Waals surface area contributed by atoms with Crippen molar-refractivity contribution in [3.8, 4) is 0 Å². The summed E-state index contributed by atoms with van der Waals surface area (Å²) in [7, 11) is 0. The van der Waals surface area contributed by atoms with Crippen LogP contribution < -0.4 is 16.4 Å². The highest BCUT2D eigenvalue weighted by atomic mass is 16.2. The zero-order valence-electron chi connectivity index (χ0n) is 12.5. The molecule has 1 aromatic carbocycles. The number of nitrogens with two attached hydrogens (primary N) is 1. The molecule has 0 heterocycles. The number of carbonyl (C=O) groups is 2. The third kappa shape index (κ3) is 4.06. The van der Waals surface area contributed by atoms with Crippen molar-refractivity contribution in [1.29, 1.82) is 0 Å². The Morgan fingerprint density at radius 2 is 1.75 bits per heavy atom. The molecule has 20 heavy (non-hydrogen) atoms. The quantitative estimate of drug-likeness (QED) is 0.772. The van der Waals surface area contributed by atoms with E-state index in [1.54, 1.807) is 26.8 Å². The van der Waals surface area contributed by atoms with Crippen molar-refractivity contribution in [2.45, 2.75) is 40.2 Å². The monoisotopic (exact) mass is 277 g/mol. The van der Waals surface area contributed by atoms with Gasteiger partial charge in [-0.25, -0.2) is 0 Å². The number of benzene rings is 1. The summed E-state index contributed by atoms with van der Waals surface area (Å²) in [6.45, 7) is 7.24. The van der Waals surface area contributed by atoms with E-state index >= 15 is 0 Å². The predicted molar refractivity (Wildman–Crippen MR) is 81.5 cm³/mol. The molecule has 0 bridgehead atoms. The Balaban J connectivity index is 2.89. The second-order valence-electron chi connectivity index (χ2n) is 5.02. The van der Waals surface area contributed by atoms with Gasteiger partial charge >= 0.3 is 0 Å². The molecule has 0 radical (unpaired) electrons. The Bertz CT molecular complexity index is 498. The van der Waals surface area contributed by atoms with Gasteiger partial charge in [0.15, 0.2) is 0 Å². The second kappa shape index (κ2) is 7.05. The Hall–Kier alpha value is -1.88. The standard InChI is InChI=1S/C15H23N3O2/c1-5-14(19)17-12-7-6-8-13(10(12)3)18-15(20)9(2)11(4)16/h6-9,11H,5,16H2,1-4H3,(H,17,19)(H,18,20). The van der Waals surface area contributed by atoms with Gasteiger partial charge in [0.05, 0.1) is 5.92 Å². The van der Waals surface area contributed by atoms with Gasteiger partial charge in [0.25, 0.3) is 0 Å². The number of nitrogens with one attached hydrogen (secondary N) is 2. The molecule has 2 amide bonds. The van der Waals surface area contributed by atoms with Gasteiger partial charge in [0, 0.05) is 23.8 Å². The van der Waals surface area contributed by atoms with Crippen LogP contribution in [0.1, 0.15) is 32.8 Å². The van der Waals surface area contributed by atoms with Crippen LogP contribution in [-0.4, -0.2) is 17.9 Å². The number of rotatable bonds is 5. The molecule has 2 atom stereocenters. The minimum absolute atomic E-state index is 0.0551. The molecule has 2 unspecified atom stereocenters. The van der Waals surface area contributed by atoms with Gasteiger partial charge in [-0.2, -0.15) is 0 Å². The molecule has 110 valence electrons. The summed E-state index contributed by atoms with van der Waals surface area (Å²) in [5.41, 5.74) is 7.96. The van der Waals surface area contributed by atoms with Crippen molar-refractivity contribution in [3.63, 3.8) is 0 Å². The lowest BCUT2D eigenvalue weighted by molar-refractivity contribution is -0.119. The van der Waals surface area contributed by atoms with Gasteiger partial charge in [0.1, 0.15) is 0 Å². The number of carbonyl (C=O) groups excluding carboxylic acids is 2. The number of hydrogen-bond acceptors (Lipinski definition) is 3. The van der Waals surface area contributed by atoms with Gasteiger partial charge in [-0.3, -0.25) is 9.59 Å². The van der Waals surface area contributed by atoms with E-state index in [9.17, 15) is 9.59 Å². The molecule has 0 saturated heterocycles. The molecular weight excluding hydrogens is 254 g/mol. The van der Waals surface area contributed by atoms with Crippen LogP contribution in [0.2, 0.25) is 0 Å². The topological polar surface area (TPSA) is 84.2 Å². The normalized spacial score (nSPS) is 13.4. The Morgan fingerprint density at radius 1 is 1.20 bits per heavy atom. The third-order valence-corrected chi connectivity index (χ3v) is 3.39. The zero-order valence-corrected chi connectivity index (χ0v) is 12.5. The molecule has 0 aliphatic rings. The Kier molecular flexibility index (Phi) is 5.70. The molecule has 0 aliphatic carbocycles. The van der Waals surface area contributed by atoms with Crippen LogP contribution in [0.15, 0.2) is 18.2 Å². The van der Waals surface area contributed by atoms with E-state index in [1.807, 2.05) is 19.1 Å². The van der Waals surface area contributed by atoms with Crippen LogP contribution in [-0.2, 0) is 9.59 Å². The fraction of sp³-hybridized carbons (Fsp3) is 0.467. The molecule has 4 N–H and O–H groups in total. The Morgan fingerprint density at radius 3 is 2.25 bits per heavy atom. The maximum absolute atomic E-state index is 12.0. The smallest absolute Gasteiger partial charge is 0.228 e. The van der Waals surface area contributed by atoms with Gasteiger partial charge < -0.3 is 16.4 Å². The molecule has 0 aliphatic heterocycles. The van der Waals surface area contributed by atoms with Gasteiger partial charge in [0.2, 0.25) is 11.8 Å². The van der Waals surface area contributed by atoms with Crippen molar-refractivity contribution < 1.29 is 9.59 Å². The molecule has 1 aromatic rings. The summed E-state index contributed by atoms with van der Waals surface area (Å²) in [5, 5.41) is 5.66. The summed E-state index contributed by atoms with van der Waals surface area (Å²) in [6.07, 6.45) is 0.414. The third-order valence-electron chi connectivity index (χ3n) is 3.39. The van der Waals surface area contributed by atoms with E-state index in [1.165, 1.54) is 0 Å². The average Bonchev–Trinajstić information content (AvgIpc) is 2.41. The van der Waals surface area contributed by atoms with E-state index < -0.39 is 0 Å². The van der Waals surface area contributed by atoms with Crippen LogP contribution in [0, 0.1) is 12.8 Å². The maximum atomic E-state index is 12.0. The van der Waals surface area contributed by atoms with Crippen LogP contribution in [0.5, 0.6) is 0 Å².